The zero-order chi connectivity index (χ0) is 17.3. The molecule has 1 aliphatic heterocycles. The molecule has 1 aliphatic rings. The van der Waals surface area contributed by atoms with Gasteiger partial charge in [0.05, 0.1) is 10.5 Å². The van der Waals surface area contributed by atoms with Crippen LogP contribution in [0, 0.1) is 20.8 Å². The summed E-state index contributed by atoms with van der Waals surface area (Å²) in [5.41, 5.74) is 3.79. The lowest BCUT2D eigenvalue weighted by molar-refractivity contribution is -0.147. The minimum Gasteiger partial charge on any atom is -0.324 e. The maximum absolute atomic E-state index is 12.3. The molecule has 0 aliphatic carbocycles. The summed E-state index contributed by atoms with van der Waals surface area (Å²) in [5, 5.41) is 2.22. The second-order valence-electron chi connectivity index (χ2n) is 6.01. The Bertz CT molecular complexity index is 629. The standard InChI is InChI=1S/C17H22N2O3S/c1-9-6-10(2)15(11(3)7-9)18-14(20)8-19-16(21)12(4)23-13(5)17(19)22/h6-7,12-13H,8H2,1-5H3,(H,18,20)/t12-,13-/m0/s1. The summed E-state index contributed by atoms with van der Waals surface area (Å²) in [6, 6.07) is 3.97. The average Bonchev–Trinajstić information content (AvgIpc) is 2.45. The number of aryl methyl sites for hydroxylation is 3. The molecule has 2 atom stereocenters. The molecule has 5 nitrogen and oxygen atoms in total. The van der Waals surface area contributed by atoms with Gasteiger partial charge in [0.15, 0.2) is 0 Å². The van der Waals surface area contributed by atoms with Gasteiger partial charge in [-0.05, 0) is 45.7 Å². The lowest BCUT2D eigenvalue weighted by atomic mass is 10.1. The van der Waals surface area contributed by atoms with Gasteiger partial charge in [0.25, 0.3) is 0 Å². The van der Waals surface area contributed by atoms with Crippen LogP contribution >= 0.6 is 11.8 Å². The molecule has 0 spiro atoms. The number of imide groups is 1. The lowest BCUT2D eigenvalue weighted by Gasteiger charge is -2.31. The molecule has 0 bridgehead atoms. The predicted molar refractivity (Wildman–Crippen MR) is 92.5 cm³/mol. The van der Waals surface area contributed by atoms with Crippen molar-refractivity contribution in [2.24, 2.45) is 0 Å². The van der Waals surface area contributed by atoms with Gasteiger partial charge in [-0.3, -0.25) is 19.3 Å². The van der Waals surface area contributed by atoms with Crippen LogP contribution in [0.15, 0.2) is 12.1 Å². The van der Waals surface area contributed by atoms with Crippen molar-refractivity contribution < 1.29 is 14.4 Å². The molecule has 1 N–H and O–H groups in total. The molecule has 1 saturated heterocycles. The molecule has 0 radical (unpaired) electrons. The predicted octanol–water partition coefficient (Wildman–Crippen LogP) is 2.43. The summed E-state index contributed by atoms with van der Waals surface area (Å²) in [4.78, 5) is 37.7. The van der Waals surface area contributed by atoms with E-state index in [1.165, 1.54) is 11.8 Å². The maximum Gasteiger partial charge on any atom is 0.244 e. The van der Waals surface area contributed by atoms with Gasteiger partial charge < -0.3 is 5.32 Å². The molecule has 1 fully saturated rings. The smallest absolute Gasteiger partial charge is 0.244 e. The fourth-order valence-electron chi connectivity index (χ4n) is 2.83. The number of amides is 3. The van der Waals surface area contributed by atoms with Crippen LogP contribution in [0.1, 0.15) is 30.5 Å². The third-order valence-corrected chi connectivity index (χ3v) is 5.10. The monoisotopic (exact) mass is 334 g/mol. The summed E-state index contributed by atoms with van der Waals surface area (Å²) in [7, 11) is 0. The number of hydrogen-bond donors (Lipinski definition) is 1. The van der Waals surface area contributed by atoms with E-state index in [1.807, 2.05) is 32.9 Å². The van der Waals surface area contributed by atoms with Crippen molar-refractivity contribution >= 4 is 35.2 Å². The van der Waals surface area contributed by atoms with Gasteiger partial charge in [-0.15, -0.1) is 11.8 Å². The molecule has 1 heterocycles. The number of nitrogens with zero attached hydrogens (tertiary/aromatic N) is 1. The molecule has 23 heavy (non-hydrogen) atoms. The van der Waals surface area contributed by atoms with Gasteiger partial charge in [0, 0.05) is 5.69 Å². The van der Waals surface area contributed by atoms with E-state index in [9.17, 15) is 14.4 Å². The van der Waals surface area contributed by atoms with Crippen LogP contribution in [0.4, 0.5) is 5.69 Å². The Balaban J connectivity index is 2.13. The molecule has 124 valence electrons. The molecule has 6 heteroatoms. The minimum absolute atomic E-state index is 0.236. The number of carbonyl (C=O) groups excluding carboxylic acids is 3. The first kappa shape index (κ1) is 17.5. The summed E-state index contributed by atoms with van der Waals surface area (Å²) >= 11 is 1.33. The highest BCUT2D eigenvalue weighted by Gasteiger charge is 2.38. The highest BCUT2D eigenvalue weighted by Crippen LogP contribution is 2.27. The van der Waals surface area contributed by atoms with E-state index in [0.717, 1.165) is 27.3 Å². The Hall–Kier alpha value is -1.82. The summed E-state index contributed by atoms with van der Waals surface area (Å²) in [6.07, 6.45) is 0. The summed E-state index contributed by atoms with van der Waals surface area (Å²) in [6.45, 7) is 9.13. The van der Waals surface area contributed by atoms with E-state index in [-0.39, 0.29) is 34.8 Å². The van der Waals surface area contributed by atoms with Gasteiger partial charge in [0.2, 0.25) is 17.7 Å². The highest BCUT2D eigenvalue weighted by molar-refractivity contribution is 8.02. The van der Waals surface area contributed by atoms with Crippen LogP contribution in [-0.2, 0) is 14.4 Å². The van der Waals surface area contributed by atoms with Crippen molar-refractivity contribution in [2.75, 3.05) is 11.9 Å². The Morgan fingerprint density at radius 2 is 1.57 bits per heavy atom. The number of rotatable bonds is 3. The molecule has 3 amide bonds. The number of hydrogen-bond acceptors (Lipinski definition) is 4. The second-order valence-corrected chi connectivity index (χ2v) is 7.69. The summed E-state index contributed by atoms with van der Waals surface area (Å²) in [5.74, 6) is -0.954. The van der Waals surface area contributed by atoms with Gasteiger partial charge in [-0.2, -0.15) is 0 Å². The van der Waals surface area contributed by atoms with E-state index in [1.54, 1.807) is 13.8 Å². The number of thioether (sulfide) groups is 1. The average molecular weight is 334 g/mol. The summed E-state index contributed by atoms with van der Waals surface area (Å²) < 4.78 is 0. The van der Waals surface area contributed by atoms with Crippen LogP contribution in [0.25, 0.3) is 0 Å². The maximum atomic E-state index is 12.3. The topological polar surface area (TPSA) is 66.5 Å². The Kier molecular flexibility index (Phi) is 5.14. The third-order valence-electron chi connectivity index (χ3n) is 3.88. The largest absolute Gasteiger partial charge is 0.324 e. The lowest BCUT2D eigenvalue weighted by Crippen LogP contribution is -2.52. The van der Waals surface area contributed by atoms with E-state index >= 15 is 0 Å². The van der Waals surface area contributed by atoms with Crippen molar-refractivity contribution in [3.63, 3.8) is 0 Å². The Morgan fingerprint density at radius 1 is 1.09 bits per heavy atom. The van der Waals surface area contributed by atoms with Gasteiger partial charge in [-0.25, -0.2) is 0 Å². The van der Waals surface area contributed by atoms with Crippen LogP contribution in [0.2, 0.25) is 0 Å². The van der Waals surface area contributed by atoms with Crippen molar-refractivity contribution in [3.05, 3.63) is 28.8 Å². The van der Waals surface area contributed by atoms with Gasteiger partial charge >= 0.3 is 0 Å². The number of nitrogens with one attached hydrogen (secondary N) is 1. The first-order valence-corrected chi connectivity index (χ1v) is 8.53. The van der Waals surface area contributed by atoms with Crippen molar-refractivity contribution in [2.45, 2.75) is 45.1 Å². The Labute approximate surface area is 140 Å². The van der Waals surface area contributed by atoms with Crippen LogP contribution in [0.5, 0.6) is 0 Å². The van der Waals surface area contributed by atoms with Crippen LogP contribution < -0.4 is 5.32 Å². The third kappa shape index (κ3) is 3.75. The zero-order valence-electron chi connectivity index (χ0n) is 14.1. The molecular formula is C17H22N2O3S. The fourth-order valence-corrected chi connectivity index (χ4v) is 3.93. The quantitative estimate of drug-likeness (QED) is 0.862. The minimum atomic E-state index is -0.354. The van der Waals surface area contributed by atoms with Crippen molar-refractivity contribution in [1.29, 1.82) is 0 Å². The van der Waals surface area contributed by atoms with E-state index in [2.05, 4.69) is 5.32 Å². The SMILES string of the molecule is Cc1cc(C)c(NC(=O)CN2C(=O)[C@H](C)S[C@@H](C)C2=O)c(C)c1. The molecule has 0 unspecified atom stereocenters. The van der Waals surface area contributed by atoms with E-state index < -0.39 is 0 Å². The number of anilines is 1. The molecule has 0 aromatic heterocycles. The molecule has 1 aromatic rings. The normalized spacial score (nSPS) is 21.5. The van der Waals surface area contributed by atoms with Gasteiger partial charge in [0.1, 0.15) is 6.54 Å². The zero-order valence-corrected chi connectivity index (χ0v) is 14.9. The second kappa shape index (κ2) is 6.74. The van der Waals surface area contributed by atoms with Crippen molar-refractivity contribution in [3.8, 4) is 0 Å². The van der Waals surface area contributed by atoms with Crippen LogP contribution in [-0.4, -0.2) is 39.7 Å². The number of benzene rings is 1. The van der Waals surface area contributed by atoms with Crippen molar-refractivity contribution in [1.82, 2.24) is 4.90 Å². The van der Waals surface area contributed by atoms with E-state index in [0.29, 0.717) is 0 Å². The van der Waals surface area contributed by atoms with Crippen LogP contribution in [0.3, 0.4) is 0 Å². The molecule has 2 rings (SSSR count). The Morgan fingerprint density at radius 3 is 2.04 bits per heavy atom. The number of carbonyl (C=O) groups is 3. The van der Waals surface area contributed by atoms with Gasteiger partial charge in [-0.1, -0.05) is 17.7 Å². The first-order valence-electron chi connectivity index (χ1n) is 7.59. The first-order chi connectivity index (χ1) is 10.7. The fraction of sp³-hybridized carbons (Fsp3) is 0.471. The molecule has 1 aromatic carbocycles. The molecular weight excluding hydrogens is 312 g/mol. The molecule has 0 saturated carbocycles. The highest BCUT2D eigenvalue weighted by atomic mass is 32.2. The van der Waals surface area contributed by atoms with E-state index in [4.69, 9.17) is 0 Å².